The van der Waals surface area contributed by atoms with Gasteiger partial charge in [0.25, 0.3) is 0 Å². The summed E-state index contributed by atoms with van der Waals surface area (Å²) in [5, 5.41) is 4.00. The number of thioether (sulfide) groups is 1. The van der Waals surface area contributed by atoms with Gasteiger partial charge >= 0.3 is 0 Å². The van der Waals surface area contributed by atoms with E-state index < -0.39 is 6.04 Å². The molecule has 0 bridgehead atoms. The van der Waals surface area contributed by atoms with E-state index in [1.165, 1.54) is 6.42 Å². The molecule has 1 fully saturated rings. The van der Waals surface area contributed by atoms with Gasteiger partial charge in [-0.2, -0.15) is 0 Å². The minimum Gasteiger partial charge on any atom is -0.352 e. The first kappa shape index (κ1) is 27.3. The lowest BCUT2D eigenvalue weighted by atomic mass is 9.94. The molecule has 0 radical (unpaired) electrons. The first-order chi connectivity index (χ1) is 18.1. The van der Waals surface area contributed by atoms with E-state index in [1.807, 2.05) is 84.9 Å². The van der Waals surface area contributed by atoms with Gasteiger partial charge < -0.3 is 10.2 Å². The van der Waals surface area contributed by atoms with Gasteiger partial charge in [-0.05, 0) is 41.7 Å². The summed E-state index contributed by atoms with van der Waals surface area (Å²) >= 11 is 7.57. The Morgan fingerprint density at radius 3 is 2.11 bits per heavy atom. The van der Waals surface area contributed by atoms with Crippen molar-refractivity contribution < 1.29 is 9.59 Å². The number of nitrogens with one attached hydrogen (secondary N) is 1. The molecule has 4 rings (SSSR count). The summed E-state index contributed by atoms with van der Waals surface area (Å²) in [6.45, 7) is 0.400. The van der Waals surface area contributed by atoms with Crippen molar-refractivity contribution in [3.63, 3.8) is 0 Å². The van der Waals surface area contributed by atoms with Crippen LogP contribution in [0.1, 0.15) is 48.8 Å². The van der Waals surface area contributed by atoms with E-state index in [9.17, 15) is 9.59 Å². The molecule has 1 atom stereocenters. The van der Waals surface area contributed by atoms with Crippen LogP contribution >= 0.6 is 23.4 Å². The van der Waals surface area contributed by atoms with E-state index in [2.05, 4.69) is 5.32 Å². The average molecular weight is 535 g/mol. The average Bonchev–Trinajstić information content (AvgIpc) is 2.93. The van der Waals surface area contributed by atoms with E-state index in [0.717, 1.165) is 42.4 Å². The fraction of sp³-hybridized carbons (Fsp3) is 0.355. The molecule has 0 aromatic heterocycles. The van der Waals surface area contributed by atoms with Crippen LogP contribution in [0.5, 0.6) is 0 Å². The molecule has 1 N–H and O–H groups in total. The SMILES string of the molecule is O=C(NC1CCCCC1)[C@@H](Cc1ccccc1)N(Cc1ccccc1)C(=O)CSCc1ccc(Cl)cc1. The van der Waals surface area contributed by atoms with Crippen LogP contribution in [0.4, 0.5) is 0 Å². The Hall–Kier alpha value is -2.76. The lowest BCUT2D eigenvalue weighted by molar-refractivity contribution is -0.139. The van der Waals surface area contributed by atoms with Crippen LogP contribution in [-0.4, -0.2) is 34.6 Å². The second-order valence-corrected chi connectivity index (χ2v) is 11.1. The summed E-state index contributed by atoms with van der Waals surface area (Å²) in [6.07, 6.45) is 6.01. The van der Waals surface area contributed by atoms with E-state index >= 15 is 0 Å². The van der Waals surface area contributed by atoms with Crippen molar-refractivity contribution >= 4 is 35.2 Å². The Morgan fingerprint density at radius 2 is 1.46 bits per heavy atom. The van der Waals surface area contributed by atoms with Gasteiger partial charge in [0.15, 0.2) is 0 Å². The number of rotatable bonds is 11. The first-order valence-corrected chi connectivity index (χ1v) is 14.6. The maximum atomic E-state index is 13.8. The summed E-state index contributed by atoms with van der Waals surface area (Å²) in [6, 6.07) is 27.3. The van der Waals surface area contributed by atoms with E-state index in [1.54, 1.807) is 16.7 Å². The molecule has 2 amide bonds. The fourth-order valence-corrected chi connectivity index (χ4v) is 5.79. The third kappa shape index (κ3) is 8.65. The number of hydrogen-bond donors (Lipinski definition) is 1. The van der Waals surface area contributed by atoms with Gasteiger partial charge in [-0.3, -0.25) is 9.59 Å². The molecule has 0 heterocycles. The van der Waals surface area contributed by atoms with Gasteiger partial charge in [-0.1, -0.05) is 104 Å². The molecule has 0 spiro atoms. The molecule has 1 aliphatic rings. The third-order valence-corrected chi connectivity index (χ3v) is 8.07. The minimum atomic E-state index is -0.576. The lowest BCUT2D eigenvalue weighted by Crippen LogP contribution is -2.53. The molecule has 0 saturated heterocycles. The molecular weight excluding hydrogens is 500 g/mol. The maximum Gasteiger partial charge on any atom is 0.243 e. The number of carbonyl (C=O) groups is 2. The Kier molecular flexibility index (Phi) is 10.5. The van der Waals surface area contributed by atoms with E-state index in [4.69, 9.17) is 11.6 Å². The van der Waals surface area contributed by atoms with Gasteiger partial charge in [0, 0.05) is 29.8 Å². The van der Waals surface area contributed by atoms with Gasteiger partial charge in [-0.25, -0.2) is 0 Å². The lowest BCUT2D eigenvalue weighted by Gasteiger charge is -2.33. The number of halogens is 1. The van der Waals surface area contributed by atoms with E-state index in [0.29, 0.717) is 29.5 Å². The number of benzene rings is 3. The van der Waals surface area contributed by atoms with Crippen LogP contribution in [0.3, 0.4) is 0 Å². The Labute approximate surface area is 229 Å². The molecule has 0 aliphatic heterocycles. The predicted molar refractivity (Wildman–Crippen MR) is 154 cm³/mol. The number of carbonyl (C=O) groups excluding carboxylic acids is 2. The summed E-state index contributed by atoms with van der Waals surface area (Å²) in [7, 11) is 0. The second-order valence-electron chi connectivity index (χ2n) is 9.68. The van der Waals surface area contributed by atoms with Crippen molar-refractivity contribution in [1.29, 1.82) is 0 Å². The zero-order chi connectivity index (χ0) is 25.9. The van der Waals surface area contributed by atoms with Crippen molar-refractivity contribution in [2.24, 2.45) is 0 Å². The highest BCUT2D eigenvalue weighted by Crippen LogP contribution is 2.21. The van der Waals surface area contributed by atoms with Crippen LogP contribution < -0.4 is 5.32 Å². The highest BCUT2D eigenvalue weighted by molar-refractivity contribution is 7.99. The maximum absolute atomic E-state index is 13.8. The quantitative estimate of drug-likeness (QED) is 0.299. The summed E-state index contributed by atoms with van der Waals surface area (Å²) in [4.78, 5) is 29.3. The van der Waals surface area contributed by atoms with Crippen molar-refractivity contribution in [2.45, 2.75) is 62.9 Å². The van der Waals surface area contributed by atoms with Crippen LogP contribution in [0, 0.1) is 0 Å². The second kappa shape index (κ2) is 14.3. The Morgan fingerprint density at radius 1 is 0.838 bits per heavy atom. The molecule has 3 aromatic rings. The standard InChI is InChI=1S/C31H35ClN2O2S/c32-27-18-16-26(17-19-27)22-37-23-30(35)34(21-25-12-6-2-7-13-25)29(20-24-10-4-1-5-11-24)31(36)33-28-14-8-3-9-15-28/h1-2,4-7,10-13,16-19,28-29H,3,8-9,14-15,20-23H2,(H,33,36)/t29-/m1/s1. The molecule has 1 saturated carbocycles. The fourth-order valence-electron chi connectivity index (χ4n) is 4.80. The largest absolute Gasteiger partial charge is 0.352 e. The van der Waals surface area contributed by atoms with Gasteiger partial charge in [-0.15, -0.1) is 11.8 Å². The molecular formula is C31H35ClN2O2S. The minimum absolute atomic E-state index is 0.0254. The third-order valence-electron chi connectivity index (χ3n) is 6.83. The van der Waals surface area contributed by atoms with Crippen molar-refractivity contribution in [3.05, 3.63) is 107 Å². The van der Waals surface area contributed by atoms with Crippen molar-refractivity contribution in [3.8, 4) is 0 Å². The summed E-state index contributed by atoms with van der Waals surface area (Å²) in [5.74, 6) is 0.933. The number of nitrogens with zero attached hydrogens (tertiary/aromatic N) is 1. The molecule has 4 nitrogen and oxygen atoms in total. The van der Waals surface area contributed by atoms with Gasteiger partial charge in [0.2, 0.25) is 11.8 Å². The summed E-state index contributed by atoms with van der Waals surface area (Å²) < 4.78 is 0. The predicted octanol–water partition coefficient (Wildman–Crippen LogP) is 6.66. The monoisotopic (exact) mass is 534 g/mol. The molecule has 0 unspecified atom stereocenters. The topological polar surface area (TPSA) is 49.4 Å². The Balaban J connectivity index is 1.54. The number of hydrogen-bond acceptors (Lipinski definition) is 3. The van der Waals surface area contributed by atoms with Crippen LogP contribution in [0.15, 0.2) is 84.9 Å². The van der Waals surface area contributed by atoms with Crippen LogP contribution in [0.2, 0.25) is 5.02 Å². The summed E-state index contributed by atoms with van der Waals surface area (Å²) in [5.41, 5.74) is 3.18. The van der Waals surface area contributed by atoms with Crippen LogP contribution in [0.25, 0.3) is 0 Å². The number of amides is 2. The molecule has 37 heavy (non-hydrogen) atoms. The smallest absolute Gasteiger partial charge is 0.243 e. The van der Waals surface area contributed by atoms with Gasteiger partial charge in [0.05, 0.1) is 5.75 Å². The Bertz CT molecular complexity index is 1120. The molecule has 1 aliphatic carbocycles. The molecule has 6 heteroatoms. The van der Waals surface area contributed by atoms with Gasteiger partial charge in [0.1, 0.15) is 6.04 Å². The highest BCUT2D eigenvalue weighted by atomic mass is 35.5. The van der Waals surface area contributed by atoms with Crippen molar-refractivity contribution in [1.82, 2.24) is 10.2 Å². The normalized spacial score (nSPS) is 14.6. The zero-order valence-corrected chi connectivity index (χ0v) is 22.7. The van der Waals surface area contributed by atoms with Crippen molar-refractivity contribution in [2.75, 3.05) is 5.75 Å². The highest BCUT2D eigenvalue weighted by Gasteiger charge is 2.31. The zero-order valence-electron chi connectivity index (χ0n) is 21.2. The van der Waals surface area contributed by atoms with Crippen LogP contribution in [-0.2, 0) is 28.3 Å². The first-order valence-electron chi connectivity index (χ1n) is 13.1. The molecule has 3 aromatic carbocycles. The van der Waals surface area contributed by atoms with E-state index in [-0.39, 0.29) is 17.9 Å². The molecule has 194 valence electrons.